The standard InChI is InChI=1S/C42H75N3O15/c1-22(26-9-10-27-25-8-7-23-18-24(48)12-13-41(23,2)28(25)19-31(51)42(26,27)3)6-11-32(52)45(16-4-14-43-39(59)37(57)35(55)33(53)29(49)20-46)17-5-15-44-40(60)38(58)36(56)34(54)30(50)21-47/h22-31,33-38,46-51,53-58H,4-21H2,1-3H3,(H,43,59)(H,44,60)/t22-,23-,24-,25+,26-,27+,28+,29-,30-,31+,33-,34-,35+,36+,37-,38-,41+,42-/m1/s1. The lowest BCUT2D eigenvalue weighted by atomic mass is 9.43. The minimum absolute atomic E-state index is 0.0491. The van der Waals surface area contributed by atoms with Gasteiger partial charge in [0.2, 0.25) is 5.91 Å². The SMILES string of the molecule is C[C@H](CCC(=O)N(CCCNC(=O)[C@H](O)[C@@H](O)[C@H](O)[C@H](O)CO)CCCNC(=O)[C@H](O)[C@@H](O)[C@H](O)[C@H](O)CO)[C@H]1CC[C@H]2[C@@H]3CC[C@@H]4C[C@H](O)CC[C@]4(C)[C@H]3C[C@H](O)[C@]12C. The van der Waals surface area contributed by atoms with Gasteiger partial charge in [-0.3, -0.25) is 14.4 Å². The molecule has 0 heterocycles. The maximum atomic E-state index is 13.8. The molecular formula is C42H75N3O15. The summed E-state index contributed by atoms with van der Waals surface area (Å²) in [5, 5.41) is 124. The number of nitrogens with one attached hydrogen (secondary N) is 2. The van der Waals surface area contributed by atoms with E-state index in [0.717, 1.165) is 51.4 Å². The average Bonchev–Trinajstić information content (AvgIpc) is 3.61. The van der Waals surface area contributed by atoms with E-state index >= 15 is 0 Å². The zero-order valence-corrected chi connectivity index (χ0v) is 35.5. The first-order valence-corrected chi connectivity index (χ1v) is 22.1. The summed E-state index contributed by atoms with van der Waals surface area (Å²) in [7, 11) is 0. The molecule has 0 bridgehead atoms. The molecule has 0 unspecified atom stereocenters. The van der Waals surface area contributed by atoms with E-state index in [1.54, 1.807) is 4.90 Å². The van der Waals surface area contributed by atoms with E-state index in [0.29, 0.717) is 30.1 Å². The van der Waals surface area contributed by atoms with Crippen LogP contribution in [0.5, 0.6) is 0 Å². The van der Waals surface area contributed by atoms with E-state index in [1.807, 2.05) is 0 Å². The van der Waals surface area contributed by atoms with Gasteiger partial charge in [0.15, 0.2) is 12.2 Å². The molecule has 0 aliphatic heterocycles. The van der Waals surface area contributed by atoms with E-state index in [4.69, 9.17) is 10.2 Å². The molecule has 4 aliphatic carbocycles. The third-order valence-electron chi connectivity index (χ3n) is 15.5. The van der Waals surface area contributed by atoms with Gasteiger partial charge in [-0.05, 0) is 117 Å². The third-order valence-corrected chi connectivity index (χ3v) is 15.5. The molecule has 60 heavy (non-hydrogen) atoms. The highest BCUT2D eigenvalue weighted by Crippen LogP contribution is 2.68. The van der Waals surface area contributed by atoms with Crippen molar-refractivity contribution in [2.75, 3.05) is 39.4 Å². The normalized spacial score (nSPS) is 34.6. The Bertz CT molecular complexity index is 1350. The van der Waals surface area contributed by atoms with Gasteiger partial charge in [-0.1, -0.05) is 20.8 Å². The Balaban J connectivity index is 1.35. The fourth-order valence-electron chi connectivity index (χ4n) is 11.8. The molecule has 0 saturated heterocycles. The van der Waals surface area contributed by atoms with Crippen molar-refractivity contribution in [3.8, 4) is 0 Å². The quantitative estimate of drug-likeness (QED) is 0.0486. The van der Waals surface area contributed by atoms with Crippen LogP contribution >= 0.6 is 0 Å². The highest BCUT2D eigenvalue weighted by atomic mass is 16.4. The molecule has 0 radical (unpaired) electrons. The number of fused-ring (bicyclic) bond motifs is 5. The Morgan fingerprint density at radius 1 is 0.700 bits per heavy atom. The highest BCUT2D eigenvalue weighted by Gasteiger charge is 2.63. The van der Waals surface area contributed by atoms with Crippen molar-refractivity contribution in [1.29, 1.82) is 0 Å². The fourth-order valence-corrected chi connectivity index (χ4v) is 11.8. The number of hydrogen-bond acceptors (Lipinski definition) is 15. The number of aliphatic hydroxyl groups excluding tert-OH is 12. The van der Waals surface area contributed by atoms with Crippen LogP contribution < -0.4 is 10.6 Å². The Hall–Kier alpha value is -2.07. The van der Waals surface area contributed by atoms with Gasteiger partial charge in [-0.15, -0.1) is 0 Å². The van der Waals surface area contributed by atoms with Gasteiger partial charge in [-0.2, -0.15) is 0 Å². The number of nitrogens with zero attached hydrogens (tertiary/aromatic N) is 1. The zero-order chi connectivity index (χ0) is 44.7. The molecule has 3 amide bonds. The zero-order valence-electron chi connectivity index (χ0n) is 35.5. The molecule has 348 valence electrons. The summed E-state index contributed by atoms with van der Waals surface area (Å²) in [6, 6.07) is 0. The summed E-state index contributed by atoms with van der Waals surface area (Å²) in [6.45, 7) is 5.15. The van der Waals surface area contributed by atoms with Crippen molar-refractivity contribution in [3.63, 3.8) is 0 Å². The van der Waals surface area contributed by atoms with E-state index in [2.05, 4.69) is 31.4 Å². The lowest BCUT2D eigenvalue weighted by Crippen LogP contribution is -2.58. The Kier molecular flexibility index (Phi) is 18.6. The molecule has 4 saturated carbocycles. The number of rotatable bonds is 22. The van der Waals surface area contributed by atoms with Gasteiger partial charge in [0.25, 0.3) is 11.8 Å². The van der Waals surface area contributed by atoms with Crippen LogP contribution in [-0.4, -0.2) is 184 Å². The second-order valence-corrected chi connectivity index (χ2v) is 18.9. The Labute approximate surface area is 353 Å². The van der Waals surface area contributed by atoms with Gasteiger partial charge in [0.1, 0.15) is 36.6 Å². The molecule has 0 aromatic rings. The maximum Gasteiger partial charge on any atom is 0.251 e. The van der Waals surface area contributed by atoms with Gasteiger partial charge < -0.3 is 76.8 Å². The van der Waals surface area contributed by atoms with Crippen molar-refractivity contribution >= 4 is 17.7 Å². The molecule has 0 aromatic carbocycles. The van der Waals surface area contributed by atoms with E-state index in [1.165, 1.54) is 0 Å². The second-order valence-electron chi connectivity index (χ2n) is 18.9. The minimum Gasteiger partial charge on any atom is -0.394 e. The number of aliphatic hydroxyl groups is 12. The number of carbonyl (C=O) groups is 3. The van der Waals surface area contributed by atoms with Crippen LogP contribution in [0.25, 0.3) is 0 Å². The van der Waals surface area contributed by atoms with Gasteiger partial charge in [0, 0.05) is 32.6 Å². The topological polar surface area (TPSA) is 321 Å². The smallest absolute Gasteiger partial charge is 0.251 e. The first kappa shape index (κ1) is 50.6. The van der Waals surface area contributed by atoms with E-state index < -0.39 is 80.0 Å². The van der Waals surface area contributed by atoms with Crippen molar-refractivity contribution in [1.82, 2.24) is 15.5 Å². The lowest BCUT2D eigenvalue weighted by Gasteiger charge is -2.62. The summed E-state index contributed by atoms with van der Waals surface area (Å²) in [5.74, 6) is -0.145. The van der Waals surface area contributed by atoms with Gasteiger partial charge in [-0.25, -0.2) is 0 Å². The summed E-state index contributed by atoms with van der Waals surface area (Å²) >= 11 is 0. The molecule has 0 spiro atoms. The largest absolute Gasteiger partial charge is 0.394 e. The average molecular weight is 862 g/mol. The number of amides is 3. The molecule has 4 fully saturated rings. The summed E-state index contributed by atoms with van der Waals surface area (Å²) in [5.41, 5.74) is -0.164. The minimum atomic E-state index is -2.11. The Morgan fingerprint density at radius 3 is 1.75 bits per heavy atom. The molecule has 4 aliphatic rings. The molecular weight excluding hydrogens is 786 g/mol. The monoisotopic (exact) mass is 862 g/mol. The molecule has 14 N–H and O–H groups in total. The van der Waals surface area contributed by atoms with Crippen LogP contribution in [0.2, 0.25) is 0 Å². The predicted molar refractivity (Wildman–Crippen MR) is 215 cm³/mol. The van der Waals surface area contributed by atoms with Crippen molar-refractivity contribution < 1.29 is 75.7 Å². The highest BCUT2D eigenvalue weighted by molar-refractivity contribution is 5.81. The van der Waals surface area contributed by atoms with E-state index in [9.17, 15) is 65.4 Å². The maximum absolute atomic E-state index is 13.8. The summed E-state index contributed by atoms with van der Waals surface area (Å²) in [6.07, 6.45) is -7.85. The number of carbonyl (C=O) groups excluding carboxylic acids is 3. The molecule has 18 atom stereocenters. The van der Waals surface area contributed by atoms with Crippen LogP contribution in [0.3, 0.4) is 0 Å². The van der Waals surface area contributed by atoms with Crippen molar-refractivity contribution in [2.24, 2.45) is 46.3 Å². The van der Waals surface area contributed by atoms with Gasteiger partial charge >= 0.3 is 0 Å². The molecule has 0 aromatic heterocycles. The van der Waals surface area contributed by atoms with E-state index in [-0.39, 0.29) is 80.1 Å². The van der Waals surface area contributed by atoms with Crippen LogP contribution in [0, 0.1) is 46.3 Å². The lowest BCUT2D eigenvalue weighted by molar-refractivity contribution is -0.175. The van der Waals surface area contributed by atoms with Crippen LogP contribution in [0.1, 0.15) is 97.8 Å². The van der Waals surface area contributed by atoms with Crippen molar-refractivity contribution in [2.45, 2.75) is 159 Å². The summed E-state index contributed by atoms with van der Waals surface area (Å²) < 4.78 is 0. The predicted octanol–water partition coefficient (Wildman–Crippen LogP) is -2.89. The van der Waals surface area contributed by atoms with Crippen LogP contribution in [0.15, 0.2) is 0 Å². The van der Waals surface area contributed by atoms with Crippen molar-refractivity contribution in [3.05, 3.63) is 0 Å². The van der Waals surface area contributed by atoms with Gasteiger partial charge in [0.05, 0.1) is 25.4 Å². The fraction of sp³-hybridized carbons (Fsp3) is 0.929. The Morgan fingerprint density at radius 2 is 1.23 bits per heavy atom. The molecule has 18 heteroatoms. The van der Waals surface area contributed by atoms with Crippen LogP contribution in [-0.2, 0) is 14.4 Å². The first-order chi connectivity index (χ1) is 28.2. The third kappa shape index (κ3) is 11.2. The van der Waals surface area contributed by atoms with Crippen LogP contribution in [0.4, 0.5) is 0 Å². The molecule has 4 rings (SSSR count). The second kappa shape index (κ2) is 22.0. The summed E-state index contributed by atoms with van der Waals surface area (Å²) in [4.78, 5) is 40.3. The molecule has 18 nitrogen and oxygen atoms in total. The number of hydrogen-bond donors (Lipinski definition) is 14. The first-order valence-electron chi connectivity index (χ1n) is 22.1.